The van der Waals surface area contributed by atoms with Crippen LogP contribution in [0.1, 0.15) is 15.9 Å². The van der Waals surface area contributed by atoms with Crippen LogP contribution in [0.25, 0.3) is 0 Å². The number of benzene rings is 2. The van der Waals surface area contributed by atoms with E-state index >= 15 is 0 Å². The maximum atomic E-state index is 12.5. The van der Waals surface area contributed by atoms with Crippen LogP contribution in [0.15, 0.2) is 42.5 Å². The number of hydrogen-bond donors (Lipinski definition) is 1. The second-order valence-electron chi connectivity index (χ2n) is 5.35. The number of nitrogens with one attached hydrogen (secondary N) is 1. The van der Waals surface area contributed by atoms with Crippen LogP contribution in [0.3, 0.4) is 0 Å². The third-order valence-electron chi connectivity index (χ3n) is 3.61. The molecular weight excluding hydrogens is 320 g/mol. The predicted molar refractivity (Wildman–Crippen MR) is 92.8 cm³/mol. The zero-order valence-corrected chi connectivity index (χ0v) is 14.2. The topological polar surface area (TPSA) is 88.4 Å². The van der Waals surface area contributed by atoms with Crippen molar-refractivity contribution in [1.82, 2.24) is 0 Å². The smallest absolute Gasteiger partial charge is 0.249 e. The fourth-order valence-electron chi connectivity index (χ4n) is 2.33. The molecule has 1 atom stereocenters. The molecule has 0 spiro atoms. The van der Waals surface area contributed by atoms with E-state index in [1.54, 1.807) is 42.5 Å². The highest BCUT2D eigenvalue weighted by molar-refractivity contribution is 6.15. The molecule has 1 unspecified atom stereocenters. The van der Waals surface area contributed by atoms with Crippen molar-refractivity contribution in [3.05, 3.63) is 53.6 Å². The average molecular weight is 338 g/mol. The molecule has 0 aliphatic rings. The molecule has 0 saturated carbocycles. The lowest BCUT2D eigenvalue weighted by molar-refractivity contribution is -0.117. The van der Waals surface area contributed by atoms with Crippen LogP contribution >= 0.6 is 0 Å². The third kappa shape index (κ3) is 4.15. The number of Topliss-reactive ketones (excluding diaryl/α,β-unsaturated/α-hetero) is 1. The number of carbonyl (C=O) groups is 2. The van der Waals surface area contributed by atoms with E-state index in [2.05, 4.69) is 5.32 Å². The largest absolute Gasteiger partial charge is 0.493 e. The van der Waals surface area contributed by atoms with Crippen LogP contribution in [0.5, 0.6) is 11.5 Å². The quantitative estimate of drug-likeness (QED) is 0.646. The Balaban J connectivity index is 2.20. The maximum absolute atomic E-state index is 12.5. The van der Waals surface area contributed by atoms with Crippen LogP contribution in [0, 0.1) is 24.2 Å². The van der Waals surface area contributed by atoms with Gasteiger partial charge in [-0.25, -0.2) is 0 Å². The van der Waals surface area contributed by atoms with Gasteiger partial charge in [0.25, 0.3) is 0 Å². The highest BCUT2D eigenvalue weighted by atomic mass is 16.5. The molecule has 0 radical (unpaired) electrons. The molecule has 0 aromatic heterocycles. The number of ether oxygens (including phenoxy) is 2. The average Bonchev–Trinajstić information content (AvgIpc) is 2.62. The summed E-state index contributed by atoms with van der Waals surface area (Å²) in [7, 11) is 2.98. The number of amides is 1. The first-order valence-corrected chi connectivity index (χ1v) is 7.53. The van der Waals surface area contributed by atoms with Gasteiger partial charge in [-0.3, -0.25) is 9.59 Å². The Kier molecular flexibility index (Phi) is 5.75. The van der Waals surface area contributed by atoms with Gasteiger partial charge in [-0.05, 0) is 25.1 Å². The minimum atomic E-state index is -1.44. The highest BCUT2D eigenvalue weighted by Crippen LogP contribution is 2.30. The van der Waals surface area contributed by atoms with Crippen LogP contribution in [0.2, 0.25) is 0 Å². The van der Waals surface area contributed by atoms with E-state index in [0.29, 0.717) is 22.7 Å². The molecule has 2 aromatic rings. The Morgan fingerprint density at radius 3 is 2.40 bits per heavy atom. The Bertz CT molecular complexity index is 840. The lowest BCUT2D eigenvalue weighted by atomic mass is 9.97. The van der Waals surface area contributed by atoms with Gasteiger partial charge in [-0.15, -0.1) is 0 Å². The monoisotopic (exact) mass is 338 g/mol. The summed E-state index contributed by atoms with van der Waals surface area (Å²) in [4.78, 5) is 24.8. The first kappa shape index (κ1) is 18.0. The van der Waals surface area contributed by atoms with Crippen LogP contribution in [-0.4, -0.2) is 25.9 Å². The van der Waals surface area contributed by atoms with Gasteiger partial charge in [-0.2, -0.15) is 5.26 Å². The van der Waals surface area contributed by atoms with Gasteiger partial charge >= 0.3 is 0 Å². The molecule has 0 bridgehead atoms. The number of hydrogen-bond acceptors (Lipinski definition) is 5. The summed E-state index contributed by atoms with van der Waals surface area (Å²) in [6.45, 7) is 1.84. The van der Waals surface area contributed by atoms with Gasteiger partial charge in [0.2, 0.25) is 5.91 Å². The summed E-state index contributed by atoms with van der Waals surface area (Å²) in [5, 5.41) is 11.8. The van der Waals surface area contributed by atoms with Crippen molar-refractivity contribution in [3.63, 3.8) is 0 Å². The van der Waals surface area contributed by atoms with E-state index in [-0.39, 0.29) is 0 Å². The molecule has 0 saturated heterocycles. The standard InChI is InChI=1S/C19H18N2O4/c1-12-5-4-6-13(9-12)18(22)15(11-20)19(23)21-14-7-8-16(24-2)17(10-14)25-3/h4-10,15H,1-3H3,(H,21,23). The van der Waals surface area contributed by atoms with E-state index in [1.165, 1.54) is 14.2 Å². The van der Waals surface area contributed by atoms with Crippen molar-refractivity contribution in [2.24, 2.45) is 5.92 Å². The summed E-state index contributed by atoms with van der Waals surface area (Å²) < 4.78 is 10.3. The van der Waals surface area contributed by atoms with Gasteiger partial charge in [0.1, 0.15) is 0 Å². The zero-order valence-electron chi connectivity index (χ0n) is 14.2. The maximum Gasteiger partial charge on any atom is 0.249 e. The van der Waals surface area contributed by atoms with E-state index in [1.807, 2.05) is 13.0 Å². The molecule has 128 valence electrons. The Labute approximate surface area is 146 Å². The molecule has 0 heterocycles. The molecule has 1 amide bonds. The number of nitriles is 1. The summed E-state index contributed by atoms with van der Waals surface area (Å²) in [6, 6.07) is 13.3. The molecule has 0 aliphatic heterocycles. The number of anilines is 1. The van der Waals surface area contributed by atoms with Gasteiger partial charge in [-0.1, -0.05) is 23.8 Å². The van der Waals surface area contributed by atoms with Gasteiger partial charge in [0.15, 0.2) is 23.2 Å². The van der Waals surface area contributed by atoms with Crippen LogP contribution < -0.4 is 14.8 Å². The minimum absolute atomic E-state index is 0.328. The first-order chi connectivity index (χ1) is 12.0. The summed E-state index contributed by atoms with van der Waals surface area (Å²) >= 11 is 0. The fraction of sp³-hybridized carbons (Fsp3) is 0.211. The Hall–Kier alpha value is -3.33. The molecule has 1 N–H and O–H groups in total. The van der Waals surface area contributed by atoms with Crippen molar-refractivity contribution < 1.29 is 19.1 Å². The lowest BCUT2D eigenvalue weighted by Gasteiger charge is -2.12. The molecule has 25 heavy (non-hydrogen) atoms. The molecule has 0 aliphatic carbocycles. The predicted octanol–water partition coefficient (Wildman–Crippen LogP) is 2.97. The Morgan fingerprint density at radius 1 is 1.08 bits per heavy atom. The first-order valence-electron chi connectivity index (χ1n) is 7.53. The second kappa shape index (κ2) is 7.97. The van der Waals surface area contributed by atoms with Gasteiger partial charge in [0, 0.05) is 17.3 Å². The minimum Gasteiger partial charge on any atom is -0.493 e. The number of nitrogens with zero attached hydrogens (tertiary/aromatic N) is 1. The summed E-state index contributed by atoms with van der Waals surface area (Å²) in [5.41, 5.74) is 1.61. The number of carbonyl (C=O) groups excluding carboxylic acids is 2. The summed E-state index contributed by atoms with van der Waals surface area (Å²) in [5.74, 6) is -1.73. The Morgan fingerprint density at radius 2 is 1.80 bits per heavy atom. The van der Waals surface area contributed by atoms with E-state index in [0.717, 1.165) is 5.56 Å². The molecule has 2 rings (SSSR count). The van der Waals surface area contributed by atoms with Crippen LogP contribution in [0.4, 0.5) is 5.69 Å². The van der Waals surface area contributed by atoms with Gasteiger partial charge in [0.05, 0.1) is 20.3 Å². The molecule has 0 fully saturated rings. The lowest BCUT2D eigenvalue weighted by Crippen LogP contribution is -2.28. The van der Waals surface area contributed by atoms with Gasteiger partial charge < -0.3 is 14.8 Å². The normalized spacial score (nSPS) is 11.1. The van der Waals surface area contributed by atoms with Crippen molar-refractivity contribution in [2.45, 2.75) is 6.92 Å². The number of aryl methyl sites for hydroxylation is 1. The van der Waals surface area contributed by atoms with E-state index in [4.69, 9.17) is 9.47 Å². The van der Waals surface area contributed by atoms with Crippen molar-refractivity contribution >= 4 is 17.4 Å². The fourth-order valence-corrected chi connectivity index (χ4v) is 2.33. The van der Waals surface area contributed by atoms with Crippen molar-refractivity contribution in [1.29, 1.82) is 5.26 Å². The number of rotatable bonds is 6. The van der Waals surface area contributed by atoms with Crippen molar-refractivity contribution in [3.8, 4) is 17.6 Å². The number of ketones is 1. The molecule has 2 aromatic carbocycles. The number of methoxy groups -OCH3 is 2. The summed E-state index contributed by atoms with van der Waals surface area (Å²) in [6.07, 6.45) is 0. The van der Waals surface area contributed by atoms with E-state index in [9.17, 15) is 14.9 Å². The second-order valence-corrected chi connectivity index (χ2v) is 5.35. The highest BCUT2D eigenvalue weighted by Gasteiger charge is 2.27. The SMILES string of the molecule is COc1ccc(NC(=O)C(C#N)C(=O)c2cccc(C)c2)cc1OC. The molecule has 6 nitrogen and oxygen atoms in total. The van der Waals surface area contributed by atoms with Crippen LogP contribution in [-0.2, 0) is 4.79 Å². The molecule has 6 heteroatoms. The molecular formula is C19H18N2O4. The zero-order chi connectivity index (χ0) is 18.4. The third-order valence-corrected chi connectivity index (χ3v) is 3.61. The van der Waals surface area contributed by atoms with E-state index < -0.39 is 17.6 Å². The van der Waals surface area contributed by atoms with Crippen molar-refractivity contribution in [2.75, 3.05) is 19.5 Å².